The number of carbonyl (C=O) groups is 1. The van der Waals surface area contributed by atoms with Gasteiger partial charge >= 0.3 is 0 Å². The Bertz CT molecular complexity index is 830. The van der Waals surface area contributed by atoms with Crippen LogP contribution in [0.15, 0.2) is 30.6 Å². The second-order valence-electron chi connectivity index (χ2n) is 5.72. The fraction of sp³-hybridized carbons (Fsp3) is 0.400. The van der Waals surface area contributed by atoms with Crippen LogP contribution in [-0.4, -0.2) is 58.6 Å². The summed E-state index contributed by atoms with van der Waals surface area (Å²) >= 11 is 0. The van der Waals surface area contributed by atoms with Crippen LogP contribution in [-0.2, 0) is 9.84 Å². The normalized spacial score (nSPS) is 19.7. The molecule has 7 nitrogen and oxygen atoms in total. The van der Waals surface area contributed by atoms with Gasteiger partial charge in [0, 0.05) is 19.3 Å². The van der Waals surface area contributed by atoms with E-state index in [1.54, 1.807) is 24.9 Å². The number of hydrogen-bond acceptors (Lipinski definition) is 5. The Balaban J connectivity index is 1.85. The first-order chi connectivity index (χ1) is 10.9. The quantitative estimate of drug-likeness (QED) is 0.830. The Hall–Kier alpha value is -2.22. The van der Waals surface area contributed by atoms with E-state index in [0.29, 0.717) is 23.5 Å². The summed E-state index contributed by atoms with van der Waals surface area (Å²) in [6, 6.07) is 5.19. The van der Waals surface area contributed by atoms with E-state index in [1.165, 1.54) is 11.1 Å². The van der Waals surface area contributed by atoms with Gasteiger partial charge in [0.15, 0.2) is 15.7 Å². The van der Waals surface area contributed by atoms with Crippen LogP contribution in [0.1, 0.15) is 22.5 Å². The molecule has 0 unspecified atom stereocenters. The molecule has 23 heavy (non-hydrogen) atoms. The average Bonchev–Trinajstić information content (AvgIpc) is 3.09. The number of carbonyl (C=O) groups excluding carboxylic acids is 1. The van der Waals surface area contributed by atoms with Gasteiger partial charge < -0.3 is 4.90 Å². The van der Waals surface area contributed by atoms with Gasteiger partial charge in [-0.1, -0.05) is 6.07 Å². The fourth-order valence-electron chi connectivity index (χ4n) is 2.77. The maximum Gasteiger partial charge on any atom is 0.257 e. The second kappa shape index (κ2) is 5.77. The lowest BCUT2D eigenvalue weighted by Gasteiger charge is -2.23. The van der Waals surface area contributed by atoms with Gasteiger partial charge in [-0.05, 0) is 25.5 Å². The molecule has 3 heterocycles. The summed E-state index contributed by atoms with van der Waals surface area (Å²) < 4.78 is 24.8. The molecule has 2 aromatic heterocycles. The largest absolute Gasteiger partial charge is 0.338 e. The van der Waals surface area contributed by atoms with E-state index < -0.39 is 9.84 Å². The predicted octanol–water partition coefficient (Wildman–Crippen LogP) is 0.835. The second-order valence-corrected chi connectivity index (χ2v) is 7.95. The van der Waals surface area contributed by atoms with Gasteiger partial charge in [-0.15, -0.1) is 0 Å². The molecule has 122 valence electrons. The molecule has 0 spiro atoms. The molecule has 0 radical (unpaired) electrons. The first-order valence-electron chi connectivity index (χ1n) is 7.32. The monoisotopic (exact) mass is 334 g/mol. The van der Waals surface area contributed by atoms with Crippen LogP contribution in [0.2, 0.25) is 0 Å². The molecule has 1 saturated heterocycles. The molecule has 8 heteroatoms. The fourth-order valence-corrected chi connectivity index (χ4v) is 4.54. The maximum atomic E-state index is 12.7. The Kier molecular flexibility index (Phi) is 3.93. The van der Waals surface area contributed by atoms with Crippen molar-refractivity contribution in [1.29, 1.82) is 0 Å². The van der Waals surface area contributed by atoms with Crippen LogP contribution in [0.3, 0.4) is 0 Å². The van der Waals surface area contributed by atoms with Crippen LogP contribution in [0, 0.1) is 6.92 Å². The van der Waals surface area contributed by atoms with Crippen molar-refractivity contribution in [3.05, 3.63) is 41.9 Å². The van der Waals surface area contributed by atoms with Gasteiger partial charge in [-0.2, -0.15) is 5.10 Å². The number of rotatable bonds is 3. The van der Waals surface area contributed by atoms with Crippen LogP contribution in [0.4, 0.5) is 0 Å². The Morgan fingerprint density at radius 1 is 1.39 bits per heavy atom. The van der Waals surface area contributed by atoms with Gasteiger partial charge in [-0.3, -0.25) is 4.79 Å². The van der Waals surface area contributed by atoms with Crippen molar-refractivity contribution < 1.29 is 13.2 Å². The molecule has 0 N–H and O–H groups in total. The Morgan fingerprint density at radius 2 is 2.17 bits per heavy atom. The smallest absolute Gasteiger partial charge is 0.257 e. The molecule has 0 saturated carbocycles. The predicted molar refractivity (Wildman–Crippen MR) is 85.2 cm³/mol. The lowest BCUT2D eigenvalue weighted by molar-refractivity contribution is 0.0747. The topological polar surface area (TPSA) is 85.2 Å². The third-order valence-corrected chi connectivity index (χ3v) is 5.93. The number of pyridine rings is 1. The number of nitrogens with zero attached hydrogens (tertiary/aromatic N) is 4. The van der Waals surface area contributed by atoms with Crippen LogP contribution >= 0.6 is 0 Å². The molecule has 0 bridgehead atoms. The van der Waals surface area contributed by atoms with E-state index >= 15 is 0 Å². The van der Waals surface area contributed by atoms with Crippen molar-refractivity contribution in [1.82, 2.24) is 19.7 Å². The minimum absolute atomic E-state index is 0.0304. The van der Waals surface area contributed by atoms with Crippen LogP contribution in [0.25, 0.3) is 5.82 Å². The molecule has 1 aliphatic rings. The van der Waals surface area contributed by atoms with E-state index in [4.69, 9.17) is 0 Å². The molecule has 3 rings (SSSR count). The highest BCUT2D eigenvalue weighted by molar-refractivity contribution is 7.91. The number of aromatic nitrogens is 3. The highest BCUT2D eigenvalue weighted by Crippen LogP contribution is 2.20. The zero-order chi connectivity index (χ0) is 16.6. The molecule has 1 atom stereocenters. The molecule has 0 aromatic carbocycles. The number of sulfone groups is 1. The third-order valence-electron chi connectivity index (χ3n) is 4.18. The van der Waals surface area contributed by atoms with Crippen LogP contribution < -0.4 is 0 Å². The summed E-state index contributed by atoms with van der Waals surface area (Å²) in [5.74, 6) is 0.589. The van der Waals surface area contributed by atoms with Gasteiger partial charge in [0.05, 0.1) is 29.0 Å². The Labute approximate surface area is 134 Å². The molecule has 1 amide bonds. The van der Waals surface area contributed by atoms with E-state index in [0.717, 1.165) is 0 Å². The average molecular weight is 334 g/mol. The number of hydrogen-bond donors (Lipinski definition) is 0. The van der Waals surface area contributed by atoms with Gasteiger partial charge in [-0.25, -0.2) is 18.1 Å². The lowest BCUT2D eigenvalue weighted by Crippen LogP contribution is -2.38. The molecule has 0 aliphatic carbocycles. The standard InChI is InChI=1S/C15H18N4O3S/c1-11-13(9-17-19(11)14-5-3-4-7-16-14)15(20)18(2)12-6-8-23(21,22)10-12/h3-5,7,9,12H,6,8,10H2,1-2H3/t12-/m1/s1. The summed E-state index contributed by atoms with van der Waals surface area (Å²) in [4.78, 5) is 18.4. The zero-order valence-electron chi connectivity index (χ0n) is 13.0. The summed E-state index contributed by atoms with van der Waals surface area (Å²) in [5, 5.41) is 4.23. The van der Waals surface area contributed by atoms with Gasteiger partial charge in [0.25, 0.3) is 5.91 Å². The van der Waals surface area contributed by atoms with E-state index in [-0.39, 0.29) is 23.5 Å². The molecular formula is C15H18N4O3S. The summed E-state index contributed by atoms with van der Waals surface area (Å²) in [5.41, 5.74) is 1.14. The van der Waals surface area contributed by atoms with E-state index in [9.17, 15) is 13.2 Å². The molecular weight excluding hydrogens is 316 g/mol. The molecule has 1 aliphatic heterocycles. The van der Waals surface area contributed by atoms with Gasteiger partial charge in [0.2, 0.25) is 0 Å². The van der Waals surface area contributed by atoms with Gasteiger partial charge in [0.1, 0.15) is 0 Å². The van der Waals surface area contributed by atoms with Crippen molar-refractivity contribution in [3.8, 4) is 5.82 Å². The first kappa shape index (κ1) is 15.7. The highest BCUT2D eigenvalue weighted by atomic mass is 32.2. The third kappa shape index (κ3) is 2.98. The van der Waals surface area contributed by atoms with Crippen LogP contribution in [0.5, 0.6) is 0 Å². The highest BCUT2D eigenvalue weighted by Gasteiger charge is 2.33. The van der Waals surface area contributed by atoms with Crippen molar-refractivity contribution in [2.45, 2.75) is 19.4 Å². The lowest BCUT2D eigenvalue weighted by atomic mass is 10.2. The molecule has 1 fully saturated rings. The summed E-state index contributed by atoms with van der Waals surface area (Å²) in [7, 11) is -1.38. The minimum atomic E-state index is -3.03. The summed E-state index contributed by atoms with van der Waals surface area (Å²) in [6.07, 6.45) is 3.65. The zero-order valence-corrected chi connectivity index (χ0v) is 13.8. The minimum Gasteiger partial charge on any atom is -0.338 e. The Morgan fingerprint density at radius 3 is 2.78 bits per heavy atom. The van der Waals surface area contributed by atoms with Crippen molar-refractivity contribution in [2.24, 2.45) is 0 Å². The molecule has 2 aromatic rings. The van der Waals surface area contributed by atoms with Crippen molar-refractivity contribution in [3.63, 3.8) is 0 Å². The summed E-state index contributed by atoms with van der Waals surface area (Å²) in [6.45, 7) is 1.80. The van der Waals surface area contributed by atoms with Crippen molar-refractivity contribution in [2.75, 3.05) is 18.6 Å². The van der Waals surface area contributed by atoms with E-state index in [1.807, 2.05) is 18.2 Å². The maximum absolute atomic E-state index is 12.7. The SMILES string of the molecule is Cc1c(C(=O)N(C)[C@@H]2CCS(=O)(=O)C2)cnn1-c1ccccn1. The number of amides is 1. The first-order valence-corrected chi connectivity index (χ1v) is 9.15. The van der Waals surface area contributed by atoms with Crippen molar-refractivity contribution >= 4 is 15.7 Å². The van der Waals surface area contributed by atoms with E-state index in [2.05, 4.69) is 10.1 Å².